The highest BCUT2D eigenvalue weighted by Crippen LogP contribution is 2.12. The van der Waals surface area contributed by atoms with Gasteiger partial charge in [-0.3, -0.25) is 4.79 Å². The number of benzene rings is 1. The summed E-state index contributed by atoms with van der Waals surface area (Å²) in [7, 11) is 0. The molecule has 2 aromatic rings. The van der Waals surface area contributed by atoms with Gasteiger partial charge in [-0.15, -0.1) is 0 Å². The van der Waals surface area contributed by atoms with E-state index >= 15 is 0 Å². The first kappa shape index (κ1) is 20.5. The first-order valence-corrected chi connectivity index (χ1v) is 9.23. The van der Waals surface area contributed by atoms with E-state index in [9.17, 15) is 9.59 Å². The van der Waals surface area contributed by atoms with Crippen molar-refractivity contribution >= 4 is 12.0 Å². The highest BCUT2D eigenvalue weighted by atomic mass is 16.4. The summed E-state index contributed by atoms with van der Waals surface area (Å²) in [5.41, 5.74) is 1.81. The van der Waals surface area contributed by atoms with E-state index in [1.54, 1.807) is 0 Å². The number of oxazole rings is 1. The van der Waals surface area contributed by atoms with Crippen LogP contribution in [0.5, 0.6) is 0 Å². The van der Waals surface area contributed by atoms with Crippen molar-refractivity contribution in [3.05, 3.63) is 53.2 Å². The standard InChI is InChI=1S/C20H27N3O4/c1-3-7-18-22-14(2)17(27-18)13-21-20(26)23-16(10-11-19(24)25)12-15-8-5-4-6-9-15/h4-6,8-9,16H,3,7,10-13H2,1-2H3,(H,24,25)(H2,21,23,26). The van der Waals surface area contributed by atoms with E-state index in [1.165, 1.54) is 0 Å². The van der Waals surface area contributed by atoms with E-state index in [4.69, 9.17) is 9.52 Å². The van der Waals surface area contributed by atoms with Crippen LogP contribution < -0.4 is 10.6 Å². The van der Waals surface area contributed by atoms with E-state index in [2.05, 4.69) is 22.5 Å². The molecule has 2 amide bonds. The number of carbonyl (C=O) groups excluding carboxylic acids is 1. The zero-order valence-corrected chi connectivity index (χ0v) is 15.8. The second kappa shape index (κ2) is 10.4. The lowest BCUT2D eigenvalue weighted by molar-refractivity contribution is -0.137. The summed E-state index contributed by atoms with van der Waals surface area (Å²) in [4.78, 5) is 27.5. The largest absolute Gasteiger partial charge is 0.481 e. The molecule has 0 spiro atoms. The first-order chi connectivity index (χ1) is 13.0. The molecule has 1 aromatic heterocycles. The third-order valence-corrected chi connectivity index (χ3v) is 4.18. The molecular weight excluding hydrogens is 346 g/mol. The number of aliphatic carboxylic acids is 1. The Morgan fingerprint density at radius 2 is 2.00 bits per heavy atom. The first-order valence-electron chi connectivity index (χ1n) is 9.23. The number of aryl methyl sites for hydroxylation is 2. The monoisotopic (exact) mass is 373 g/mol. The van der Waals surface area contributed by atoms with Crippen LogP contribution in [0.15, 0.2) is 34.7 Å². The quantitative estimate of drug-likeness (QED) is 0.593. The van der Waals surface area contributed by atoms with Gasteiger partial charge in [-0.25, -0.2) is 9.78 Å². The molecular formula is C20H27N3O4. The Kier molecular flexibility index (Phi) is 7.85. The highest BCUT2D eigenvalue weighted by Gasteiger charge is 2.16. The van der Waals surface area contributed by atoms with Crippen LogP contribution in [0.1, 0.15) is 49.1 Å². The van der Waals surface area contributed by atoms with Crippen LogP contribution in [-0.4, -0.2) is 28.1 Å². The van der Waals surface area contributed by atoms with Gasteiger partial charge in [0.2, 0.25) is 0 Å². The smallest absolute Gasteiger partial charge is 0.315 e. The molecule has 0 aliphatic carbocycles. The fraction of sp³-hybridized carbons (Fsp3) is 0.450. The summed E-state index contributed by atoms with van der Waals surface area (Å²) in [6.07, 6.45) is 2.64. The van der Waals surface area contributed by atoms with Gasteiger partial charge in [0.05, 0.1) is 12.2 Å². The minimum Gasteiger partial charge on any atom is -0.481 e. The van der Waals surface area contributed by atoms with E-state index in [1.807, 2.05) is 37.3 Å². The van der Waals surface area contributed by atoms with Gasteiger partial charge in [-0.05, 0) is 31.7 Å². The molecule has 3 N–H and O–H groups in total. The topological polar surface area (TPSA) is 104 Å². The van der Waals surface area contributed by atoms with Crippen LogP contribution in [0, 0.1) is 6.92 Å². The molecule has 0 aliphatic heterocycles. The summed E-state index contributed by atoms with van der Waals surface area (Å²) in [5.74, 6) is 0.436. The molecule has 1 heterocycles. The predicted molar refractivity (Wildman–Crippen MR) is 101 cm³/mol. The van der Waals surface area contributed by atoms with Crippen LogP contribution in [0.4, 0.5) is 4.79 Å². The number of hydrogen-bond acceptors (Lipinski definition) is 4. The third-order valence-electron chi connectivity index (χ3n) is 4.18. The predicted octanol–water partition coefficient (Wildman–Crippen LogP) is 3.21. The molecule has 2 rings (SSSR count). The summed E-state index contributed by atoms with van der Waals surface area (Å²) in [5, 5.41) is 14.6. The summed E-state index contributed by atoms with van der Waals surface area (Å²) in [6, 6.07) is 9.06. The molecule has 1 atom stereocenters. The van der Waals surface area contributed by atoms with Gasteiger partial charge in [0, 0.05) is 18.9 Å². The molecule has 1 unspecified atom stereocenters. The molecule has 0 saturated carbocycles. The fourth-order valence-electron chi connectivity index (χ4n) is 2.79. The van der Waals surface area contributed by atoms with Crippen molar-refractivity contribution in [2.45, 2.75) is 58.5 Å². The van der Waals surface area contributed by atoms with Gasteiger partial charge >= 0.3 is 12.0 Å². The second-order valence-corrected chi connectivity index (χ2v) is 6.51. The van der Waals surface area contributed by atoms with Crippen molar-refractivity contribution < 1.29 is 19.1 Å². The van der Waals surface area contributed by atoms with E-state index in [0.717, 1.165) is 24.1 Å². The number of nitrogens with zero attached hydrogens (tertiary/aromatic N) is 1. The maximum Gasteiger partial charge on any atom is 0.315 e. The summed E-state index contributed by atoms with van der Waals surface area (Å²) < 4.78 is 5.65. The highest BCUT2D eigenvalue weighted by molar-refractivity contribution is 5.74. The number of hydrogen-bond donors (Lipinski definition) is 3. The number of carboxylic acid groups (broad SMARTS) is 1. The molecule has 7 heteroatoms. The molecule has 0 fully saturated rings. The number of carbonyl (C=O) groups is 2. The number of aromatic nitrogens is 1. The summed E-state index contributed by atoms with van der Waals surface area (Å²) in [6.45, 7) is 4.14. The van der Waals surface area contributed by atoms with Crippen molar-refractivity contribution in [1.82, 2.24) is 15.6 Å². The van der Waals surface area contributed by atoms with Crippen LogP contribution in [0.25, 0.3) is 0 Å². The second-order valence-electron chi connectivity index (χ2n) is 6.51. The van der Waals surface area contributed by atoms with Crippen LogP contribution >= 0.6 is 0 Å². The van der Waals surface area contributed by atoms with Crippen molar-refractivity contribution in [3.63, 3.8) is 0 Å². The molecule has 146 valence electrons. The van der Waals surface area contributed by atoms with Gasteiger partial charge in [-0.1, -0.05) is 37.3 Å². The minimum atomic E-state index is -0.879. The normalized spacial score (nSPS) is 11.8. The van der Waals surface area contributed by atoms with Crippen molar-refractivity contribution in [2.24, 2.45) is 0 Å². The molecule has 7 nitrogen and oxygen atoms in total. The molecule has 0 saturated heterocycles. The van der Waals surface area contributed by atoms with Crippen LogP contribution in [0.2, 0.25) is 0 Å². The fourth-order valence-corrected chi connectivity index (χ4v) is 2.79. The maximum atomic E-state index is 12.3. The molecule has 0 bridgehead atoms. The van der Waals surface area contributed by atoms with Crippen molar-refractivity contribution in [1.29, 1.82) is 0 Å². The lowest BCUT2D eigenvalue weighted by Gasteiger charge is -2.18. The van der Waals surface area contributed by atoms with Gasteiger partial charge in [0.15, 0.2) is 5.89 Å². The molecule has 1 aromatic carbocycles. The van der Waals surface area contributed by atoms with Gasteiger partial charge in [0.25, 0.3) is 0 Å². The Bertz CT molecular complexity index is 743. The van der Waals surface area contributed by atoms with E-state index in [0.29, 0.717) is 24.5 Å². The average Bonchev–Trinajstić information content (AvgIpc) is 2.98. The zero-order chi connectivity index (χ0) is 19.6. The Morgan fingerprint density at radius 3 is 2.67 bits per heavy atom. The Morgan fingerprint density at radius 1 is 1.26 bits per heavy atom. The Labute approximate surface area is 159 Å². The van der Waals surface area contributed by atoms with Gasteiger partial charge in [0.1, 0.15) is 5.76 Å². The molecule has 0 radical (unpaired) electrons. The maximum absolute atomic E-state index is 12.3. The Hall–Kier alpha value is -2.83. The Balaban J connectivity index is 1.91. The lowest BCUT2D eigenvalue weighted by Crippen LogP contribution is -2.43. The van der Waals surface area contributed by atoms with Crippen LogP contribution in [-0.2, 0) is 24.2 Å². The van der Waals surface area contributed by atoms with Crippen LogP contribution in [0.3, 0.4) is 0 Å². The number of amides is 2. The number of carboxylic acids is 1. The van der Waals surface area contributed by atoms with Gasteiger partial charge < -0.3 is 20.2 Å². The number of nitrogens with one attached hydrogen (secondary N) is 2. The molecule has 0 aliphatic rings. The zero-order valence-electron chi connectivity index (χ0n) is 15.8. The molecule has 27 heavy (non-hydrogen) atoms. The van der Waals surface area contributed by atoms with E-state index in [-0.39, 0.29) is 25.0 Å². The van der Waals surface area contributed by atoms with Crippen molar-refractivity contribution in [3.8, 4) is 0 Å². The van der Waals surface area contributed by atoms with Gasteiger partial charge in [-0.2, -0.15) is 0 Å². The lowest BCUT2D eigenvalue weighted by atomic mass is 10.0. The average molecular weight is 373 g/mol. The third kappa shape index (κ3) is 7.13. The minimum absolute atomic E-state index is 0.000625. The van der Waals surface area contributed by atoms with E-state index < -0.39 is 5.97 Å². The SMILES string of the molecule is CCCc1nc(C)c(CNC(=O)NC(CCC(=O)O)Cc2ccccc2)o1. The van der Waals surface area contributed by atoms with Crippen molar-refractivity contribution in [2.75, 3.05) is 0 Å². The number of rotatable bonds is 10. The number of urea groups is 1. The summed E-state index contributed by atoms with van der Waals surface area (Å²) >= 11 is 0.